The molecule has 0 bridgehead atoms. The van der Waals surface area contributed by atoms with Crippen molar-refractivity contribution in [2.45, 2.75) is 6.92 Å². The zero-order chi connectivity index (χ0) is 15.6. The SMILES string of the molecule is Cc1nnsc1C(=O)Nc1cnc(N(C)C)nc1N(C)C. The van der Waals surface area contributed by atoms with E-state index < -0.39 is 0 Å². The lowest BCUT2D eigenvalue weighted by Gasteiger charge is -2.19. The first kappa shape index (κ1) is 15.1. The molecule has 0 atom stereocenters. The van der Waals surface area contributed by atoms with E-state index in [0.29, 0.717) is 28.0 Å². The average molecular weight is 307 g/mol. The van der Waals surface area contributed by atoms with Crippen molar-refractivity contribution in [1.29, 1.82) is 0 Å². The van der Waals surface area contributed by atoms with Crippen molar-refractivity contribution >= 4 is 34.9 Å². The molecule has 2 heterocycles. The number of nitrogens with one attached hydrogen (secondary N) is 1. The summed E-state index contributed by atoms with van der Waals surface area (Å²) in [5.41, 5.74) is 1.15. The van der Waals surface area contributed by atoms with Crippen molar-refractivity contribution in [2.24, 2.45) is 0 Å². The Labute approximate surface area is 127 Å². The molecule has 2 aromatic heterocycles. The molecule has 0 aromatic carbocycles. The topological polar surface area (TPSA) is 87.1 Å². The third-order valence-corrected chi connectivity index (χ3v) is 3.51. The number of aryl methyl sites for hydroxylation is 1. The van der Waals surface area contributed by atoms with E-state index in [1.54, 1.807) is 18.0 Å². The number of amides is 1. The van der Waals surface area contributed by atoms with Gasteiger partial charge in [0, 0.05) is 28.2 Å². The average Bonchev–Trinajstić information content (AvgIpc) is 2.85. The fourth-order valence-electron chi connectivity index (χ4n) is 1.63. The van der Waals surface area contributed by atoms with Crippen LogP contribution in [0, 0.1) is 6.92 Å². The number of hydrogen-bond donors (Lipinski definition) is 1. The highest BCUT2D eigenvalue weighted by Crippen LogP contribution is 2.24. The van der Waals surface area contributed by atoms with Crippen molar-refractivity contribution in [3.8, 4) is 0 Å². The summed E-state index contributed by atoms with van der Waals surface area (Å²) >= 11 is 1.06. The summed E-state index contributed by atoms with van der Waals surface area (Å²) in [7, 11) is 7.44. The first-order valence-corrected chi connectivity index (χ1v) is 6.99. The maximum absolute atomic E-state index is 12.2. The maximum atomic E-state index is 12.2. The Bertz CT molecular complexity index is 653. The predicted molar refractivity (Wildman–Crippen MR) is 83.3 cm³/mol. The van der Waals surface area contributed by atoms with Crippen molar-refractivity contribution in [1.82, 2.24) is 19.6 Å². The molecule has 1 amide bonds. The van der Waals surface area contributed by atoms with E-state index in [1.807, 2.05) is 33.1 Å². The number of carbonyl (C=O) groups is 1. The van der Waals surface area contributed by atoms with E-state index in [1.165, 1.54) is 0 Å². The Morgan fingerprint density at radius 1 is 1.24 bits per heavy atom. The number of aromatic nitrogens is 4. The van der Waals surface area contributed by atoms with E-state index in [9.17, 15) is 4.79 Å². The van der Waals surface area contributed by atoms with Crippen LogP contribution in [0.15, 0.2) is 6.20 Å². The maximum Gasteiger partial charge on any atom is 0.269 e. The number of nitrogens with zero attached hydrogens (tertiary/aromatic N) is 6. The van der Waals surface area contributed by atoms with Gasteiger partial charge in [0.2, 0.25) is 5.95 Å². The number of anilines is 3. The largest absolute Gasteiger partial charge is 0.361 e. The van der Waals surface area contributed by atoms with Gasteiger partial charge in [-0.25, -0.2) is 4.98 Å². The monoisotopic (exact) mass is 307 g/mol. The molecule has 1 N–H and O–H groups in total. The Morgan fingerprint density at radius 3 is 2.48 bits per heavy atom. The molecule has 0 fully saturated rings. The minimum atomic E-state index is -0.258. The van der Waals surface area contributed by atoms with Crippen molar-refractivity contribution < 1.29 is 4.79 Å². The molecule has 0 aliphatic heterocycles. The molecule has 0 saturated carbocycles. The molecule has 0 spiro atoms. The Hall–Kier alpha value is -2.29. The summed E-state index contributed by atoms with van der Waals surface area (Å²) in [6.45, 7) is 1.75. The van der Waals surface area contributed by atoms with E-state index in [4.69, 9.17) is 0 Å². The summed E-state index contributed by atoms with van der Waals surface area (Å²) in [6.07, 6.45) is 1.60. The van der Waals surface area contributed by atoms with Crippen LogP contribution in [0.4, 0.5) is 17.5 Å². The zero-order valence-electron chi connectivity index (χ0n) is 12.6. The van der Waals surface area contributed by atoms with Gasteiger partial charge >= 0.3 is 0 Å². The molecular weight excluding hydrogens is 290 g/mol. The minimum Gasteiger partial charge on any atom is -0.361 e. The Morgan fingerprint density at radius 2 is 1.95 bits per heavy atom. The van der Waals surface area contributed by atoms with Gasteiger partial charge in [0.25, 0.3) is 5.91 Å². The van der Waals surface area contributed by atoms with E-state index in [-0.39, 0.29) is 5.91 Å². The molecule has 9 heteroatoms. The Kier molecular flexibility index (Phi) is 4.32. The second kappa shape index (κ2) is 6.00. The second-order valence-corrected chi connectivity index (χ2v) is 5.59. The lowest BCUT2D eigenvalue weighted by atomic mass is 10.3. The van der Waals surface area contributed by atoms with E-state index in [2.05, 4.69) is 24.9 Å². The van der Waals surface area contributed by atoms with Gasteiger partial charge in [-0.05, 0) is 18.5 Å². The lowest BCUT2D eigenvalue weighted by molar-refractivity contribution is 0.103. The van der Waals surface area contributed by atoms with Gasteiger partial charge in [-0.15, -0.1) is 5.10 Å². The van der Waals surface area contributed by atoms with Crippen LogP contribution in [0.25, 0.3) is 0 Å². The van der Waals surface area contributed by atoms with Crippen LogP contribution in [0.1, 0.15) is 15.4 Å². The molecule has 0 aliphatic carbocycles. The van der Waals surface area contributed by atoms with Gasteiger partial charge in [0.15, 0.2) is 5.82 Å². The van der Waals surface area contributed by atoms with Crippen LogP contribution < -0.4 is 15.1 Å². The fourth-order valence-corrected chi connectivity index (χ4v) is 2.18. The highest BCUT2D eigenvalue weighted by atomic mass is 32.1. The molecule has 0 unspecified atom stereocenters. The molecule has 2 rings (SSSR count). The first-order chi connectivity index (χ1) is 9.90. The summed E-state index contributed by atoms with van der Waals surface area (Å²) in [5, 5.41) is 6.64. The molecule has 0 saturated heterocycles. The highest BCUT2D eigenvalue weighted by Gasteiger charge is 2.17. The summed E-state index contributed by atoms with van der Waals surface area (Å²) in [5.74, 6) is 0.955. The van der Waals surface area contributed by atoms with E-state index >= 15 is 0 Å². The zero-order valence-corrected chi connectivity index (χ0v) is 13.4. The minimum absolute atomic E-state index is 0.258. The normalized spacial score (nSPS) is 10.3. The molecule has 0 radical (unpaired) electrons. The standard InChI is InChI=1S/C12H17N7OS/c1-7-9(21-17-16-7)11(20)14-8-6-13-12(19(4)5)15-10(8)18(2)3/h6H,1-5H3,(H,14,20). The molecular formula is C12H17N7OS. The van der Waals surface area contributed by atoms with Crippen molar-refractivity contribution in [3.05, 3.63) is 16.8 Å². The fraction of sp³-hybridized carbons (Fsp3) is 0.417. The first-order valence-electron chi connectivity index (χ1n) is 6.22. The van der Waals surface area contributed by atoms with Crippen LogP contribution in [-0.4, -0.2) is 53.7 Å². The molecule has 2 aromatic rings. The lowest BCUT2D eigenvalue weighted by Crippen LogP contribution is -2.21. The van der Waals surface area contributed by atoms with Crippen molar-refractivity contribution in [2.75, 3.05) is 43.3 Å². The van der Waals surface area contributed by atoms with Crippen molar-refractivity contribution in [3.63, 3.8) is 0 Å². The van der Waals surface area contributed by atoms with Gasteiger partial charge in [-0.3, -0.25) is 4.79 Å². The van der Waals surface area contributed by atoms with Gasteiger partial charge in [-0.2, -0.15) is 4.98 Å². The van der Waals surface area contributed by atoms with E-state index in [0.717, 1.165) is 11.5 Å². The number of carbonyl (C=O) groups excluding carboxylic acids is 1. The quantitative estimate of drug-likeness (QED) is 0.902. The summed E-state index contributed by atoms with van der Waals surface area (Å²) in [4.78, 5) is 25.0. The molecule has 21 heavy (non-hydrogen) atoms. The van der Waals surface area contributed by atoms with Crippen LogP contribution in [-0.2, 0) is 0 Å². The van der Waals surface area contributed by atoms with Crippen LogP contribution in [0.5, 0.6) is 0 Å². The van der Waals surface area contributed by atoms with Gasteiger partial charge < -0.3 is 15.1 Å². The molecule has 0 aliphatic rings. The molecule has 112 valence electrons. The predicted octanol–water partition coefficient (Wildman–Crippen LogP) is 1.02. The van der Waals surface area contributed by atoms with Gasteiger partial charge in [0.05, 0.1) is 11.9 Å². The highest BCUT2D eigenvalue weighted by molar-refractivity contribution is 7.08. The third kappa shape index (κ3) is 3.24. The van der Waals surface area contributed by atoms with Crippen LogP contribution in [0.2, 0.25) is 0 Å². The molecule has 8 nitrogen and oxygen atoms in total. The smallest absolute Gasteiger partial charge is 0.269 e. The summed E-state index contributed by atoms with van der Waals surface area (Å²) in [6, 6.07) is 0. The van der Waals surface area contributed by atoms with Crippen LogP contribution in [0.3, 0.4) is 0 Å². The second-order valence-electron chi connectivity index (χ2n) is 4.84. The third-order valence-electron chi connectivity index (χ3n) is 2.69. The van der Waals surface area contributed by atoms with Gasteiger partial charge in [-0.1, -0.05) is 4.49 Å². The number of hydrogen-bond acceptors (Lipinski definition) is 8. The Balaban J connectivity index is 2.31. The summed E-state index contributed by atoms with van der Waals surface area (Å²) < 4.78 is 3.76. The number of rotatable bonds is 4. The van der Waals surface area contributed by atoms with Crippen LogP contribution >= 0.6 is 11.5 Å². The van der Waals surface area contributed by atoms with Gasteiger partial charge in [0.1, 0.15) is 10.6 Å².